The van der Waals surface area contributed by atoms with Crippen LogP contribution in [-0.4, -0.2) is 53.7 Å². The molecule has 6 nitrogen and oxygen atoms in total. The van der Waals surface area contributed by atoms with E-state index in [4.69, 9.17) is 9.94 Å². The number of carbonyl (C=O) groups excluding carboxylic acids is 1. The van der Waals surface area contributed by atoms with Crippen LogP contribution in [0.1, 0.15) is 52.9 Å². The van der Waals surface area contributed by atoms with Gasteiger partial charge in [-0.25, -0.2) is 4.79 Å². The molecule has 2 N–H and O–H groups in total. The number of nitrogens with one attached hydrogen (secondary N) is 1. The molecule has 1 saturated carbocycles. The minimum absolute atomic E-state index is 0.0161. The van der Waals surface area contributed by atoms with Crippen molar-refractivity contribution in [2.45, 2.75) is 64.5 Å². The van der Waals surface area contributed by atoms with Gasteiger partial charge in [-0.05, 0) is 39.5 Å². The minimum atomic E-state index is -0.502. The van der Waals surface area contributed by atoms with E-state index < -0.39 is 5.60 Å². The van der Waals surface area contributed by atoms with Gasteiger partial charge in [0, 0.05) is 31.8 Å². The quantitative estimate of drug-likeness (QED) is 0.475. The molecule has 0 aromatic carbocycles. The summed E-state index contributed by atoms with van der Waals surface area (Å²) >= 11 is 0. The Morgan fingerprint density at radius 3 is 2.65 bits per heavy atom. The number of oxime groups is 1. The average molecular weight is 325 g/mol. The first-order chi connectivity index (χ1) is 10.9. The first-order valence-corrected chi connectivity index (χ1v) is 8.80. The average Bonchev–Trinajstić information content (AvgIpc) is 2.52. The highest BCUT2D eigenvalue weighted by Gasteiger charge is 2.38. The fourth-order valence-electron chi connectivity index (χ4n) is 3.75. The standard InChI is InChI=1S/C17H31N3O3/c1-17(2,3)23-16(21)20-10-9-18-12-15(20)14(11-19-22)13-7-5-4-6-8-13/h11,13-15,18,22H,4-10,12H2,1-3H3. The zero-order chi connectivity index (χ0) is 16.9. The lowest BCUT2D eigenvalue weighted by Gasteiger charge is -2.43. The summed E-state index contributed by atoms with van der Waals surface area (Å²) in [5, 5.41) is 15.8. The Morgan fingerprint density at radius 1 is 1.35 bits per heavy atom. The van der Waals surface area contributed by atoms with Crippen molar-refractivity contribution in [2.24, 2.45) is 17.0 Å². The molecule has 1 amide bonds. The smallest absolute Gasteiger partial charge is 0.410 e. The molecule has 2 fully saturated rings. The Kier molecular flexibility index (Phi) is 6.27. The summed E-state index contributed by atoms with van der Waals surface area (Å²) in [5.41, 5.74) is -0.502. The first-order valence-electron chi connectivity index (χ1n) is 8.80. The van der Waals surface area contributed by atoms with E-state index in [1.807, 2.05) is 25.7 Å². The molecule has 0 spiro atoms. The normalized spacial score (nSPS) is 25.5. The summed E-state index contributed by atoms with van der Waals surface area (Å²) in [5.74, 6) is 0.537. The molecule has 0 aromatic rings. The van der Waals surface area contributed by atoms with Crippen LogP contribution >= 0.6 is 0 Å². The van der Waals surface area contributed by atoms with Crippen LogP contribution in [0.3, 0.4) is 0 Å². The number of amides is 1. The molecule has 1 saturated heterocycles. The summed E-state index contributed by atoms with van der Waals surface area (Å²) in [7, 11) is 0. The third-order valence-corrected chi connectivity index (χ3v) is 4.79. The zero-order valence-corrected chi connectivity index (χ0v) is 14.6. The van der Waals surface area contributed by atoms with Gasteiger partial charge in [0.2, 0.25) is 0 Å². The van der Waals surface area contributed by atoms with Crippen molar-refractivity contribution in [1.82, 2.24) is 10.2 Å². The van der Waals surface area contributed by atoms with Gasteiger partial charge < -0.3 is 20.2 Å². The summed E-state index contributed by atoms with van der Waals surface area (Å²) in [6, 6.07) is -0.0161. The lowest BCUT2D eigenvalue weighted by atomic mass is 9.76. The molecule has 0 aromatic heterocycles. The Bertz CT molecular complexity index is 414. The molecule has 0 bridgehead atoms. The molecule has 1 aliphatic heterocycles. The van der Waals surface area contributed by atoms with E-state index in [0.717, 1.165) is 19.4 Å². The maximum atomic E-state index is 12.6. The van der Waals surface area contributed by atoms with E-state index in [9.17, 15) is 4.79 Å². The number of hydrogen-bond donors (Lipinski definition) is 2. The van der Waals surface area contributed by atoms with Crippen molar-refractivity contribution in [1.29, 1.82) is 0 Å². The largest absolute Gasteiger partial charge is 0.444 e. The molecule has 132 valence electrons. The van der Waals surface area contributed by atoms with Crippen molar-refractivity contribution in [3.8, 4) is 0 Å². The van der Waals surface area contributed by atoms with Crippen molar-refractivity contribution in [2.75, 3.05) is 19.6 Å². The van der Waals surface area contributed by atoms with Crippen LogP contribution in [0.5, 0.6) is 0 Å². The lowest BCUT2D eigenvalue weighted by molar-refractivity contribution is 0.00406. The SMILES string of the molecule is CC(C)(C)OC(=O)N1CCNCC1C(C=NO)C1CCCCC1. The fraction of sp³-hybridized carbons (Fsp3) is 0.882. The molecule has 1 heterocycles. The predicted molar refractivity (Wildman–Crippen MR) is 89.9 cm³/mol. The number of hydrogen-bond acceptors (Lipinski definition) is 5. The second-order valence-corrected chi connectivity index (χ2v) is 7.69. The second-order valence-electron chi connectivity index (χ2n) is 7.69. The Labute approximate surface area is 139 Å². The van der Waals surface area contributed by atoms with Crippen LogP contribution in [0.25, 0.3) is 0 Å². The van der Waals surface area contributed by atoms with E-state index in [1.54, 1.807) is 6.21 Å². The van der Waals surface area contributed by atoms with Crippen LogP contribution in [0, 0.1) is 11.8 Å². The predicted octanol–water partition coefficient (Wildman–Crippen LogP) is 2.85. The highest BCUT2D eigenvalue weighted by atomic mass is 16.6. The lowest BCUT2D eigenvalue weighted by Crippen LogP contribution is -2.59. The number of carbonyl (C=O) groups is 1. The van der Waals surface area contributed by atoms with Crippen molar-refractivity contribution < 1.29 is 14.7 Å². The summed E-state index contributed by atoms with van der Waals surface area (Å²) in [6.07, 6.45) is 7.34. The molecule has 23 heavy (non-hydrogen) atoms. The van der Waals surface area contributed by atoms with Crippen molar-refractivity contribution in [3.63, 3.8) is 0 Å². The zero-order valence-electron chi connectivity index (χ0n) is 14.6. The molecule has 2 unspecified atom stereocenters. The van der Waals surface area contributed by atoms with E-state index in [0.29, 0.717) is 19.0 Å². The molecule has 2 rings (SSSR count). The first kappa shape index (κ1) is 18.0. The highest BCUT2D eigenvalue weighted by Crippen LogP contribution is 2.33. The number of ether oxygens (including phenoxy) is 1. The Morgan fingerprint density at radius 2 is 2.04 bits per heavy atom. The molecule has 6 heteroatoms. The minimum Gasteiger partial charge on any atom is -0.444 e. The molecule has 1 aliphatic carbocycles. The van der Waals surface area contributed by atoms with Gasteiger partial charge in [-0.3, -0.25) is 0 Å². The molecular weight excluding hydrogens is 294 g/mol. The third-order valence-electron chi connectivity index (χ3n) is 4.79. The van der Waals surface area contributed by atoms with Crippen LogP contribution < -0.4 is 5.32 Å². The summed E-state index contributed by atoms with van der Waals surface area (Å²) in [6.45, 7) is 7.76. The monoisotopic (exact) mass is 325 g/mol. The van der Waals surface area contributed by atoms with Crippen LogP contribution in [0.4, 0.5) is 4.79 Å². The van der Waals surface area contributed by atoms with E-state index in [1.165, 1.54) is 19.3 Å². The van der Waals surface area contributed by atoms with Gasteiger partial charge in [-0.2, -0.15) is 0 Å². The summed E-state index contributed by atoms with van der Waals surface area (Å²) < 4.78 is 5.58. The Hall–Kier alpha value is -1.30. The topological polar surface area (TPSA) is 74.2 Å². The van der Waals surface area contributed by atoms with Gasteiger partial charge in [-0.15, -0.1) is 5.16 Å². The van der Waals surface area contributed by atoms with Gasteiger partial charge in [-0.1, -0.05) is 19.3 Å². The molecular formula is C17H31N3O3. The van der Waals surface area contributed by atoms with Gasteiger partial charge in [0.05, 0.1) is 6.04 Å². The van der Waals surface area contributed by atoms with Crippen molar-refractivity contribution in [3.05, 3.63) is 0 Å². The van der Waals surface area contributed by atoms with Gasteiger partial charge in [0.15, 0.2) is 0 Å². The Balaban J connectivity index is 2.14. The van der Waals surface area contributed by atoms with Crippen LogP contribution in [-0.2, 0) is 4.74 Å². The maximum Gasteiger partial charge on any atom is 0.410 e. The highest BCUT2D eigenvalue weighted by molar-refractivity contribution is 5.70. The fourth-order valence-corrected chi connectivity index (χ4v) is 3.75. The van der Waals surface area contributed by atoms with E-state index in [2.05, 4.69) is 10.5 Å². The molecule has 2 atom stereocenters. The van der Waals surface area contributed by atoms with E-state index >= 15 is 0 Å². The third kappa shape index (κ3) is 5.09. The van der Waals surface area contributed by atoms with Crippen molar-refractivity contribution >= 4 is 12.3 Å². The maximum absolute atomic E-state index is 12.6. The second kappa shape index (κ2) is 7.99. The van der Waals surface area contributed by atoms with Crippen LogP contribution in [0.15, 0.2) is 5.16 Å². The number of nitrogens with zero attached hydrogens (tertiary/aromatic N) is 2. The summed E-state index contributed by atoms with van der Waals surface area (Å²) in [4.78, 5) is 14.4. The van der Waals surface area contributed by atoms with Gasteiger partial charge in [0.1, 0.15) is 5.60 Å². The van der Waals surface area contributed by atoms with E-state index in [-0.39, 0.29) is 18.1 Å². The van der Waals surface area contributed by atoms with Gasteiger partial charge in [0.25, 0.3) is 0 Å². The van der Waals surface area contributed by atoms with Gasteiger partial charge >= 0.3 is 6.09 Å². The molecule has 2 aliphatic rings. The number of rotatable bonds is 3. The number of piperazine rings is 1. The van der Waals surface area contributed by atoms with Crippen LogP contribution in [0.2, 0.25) is 0 Å². The molecule has 0 radical (unpaired) electrons.